The number of anilines is 12. The van der Waals surface area contributed by atoms with Crippen molar-refractivity contribution >= 4 is 111 Å². The molecule has 84 heavy (non-hydrogen) atoms. The van der Waals surface area contributed by atoms with Crippen LogP contribution in [0.25, 0.3) is 54.2 Å². The van der Waals surface area contributed by atoms with Gasteiger partial charge in [-0.05, 0) is 178 Å². The maximum absolute atomic E-state index is 2.40. The van der Waals surface area contributed by atoms with Gasteiger partial charge in [-0.2, -0.15) is 0 Å². The van der Waals surface area contributed by atoms with E-state index in [1.807, 2.05) is 0 Å². The first kappa shape index (κ1) is 51.5. The van der Waals surface area contributed by atoms with E-state index in [1.54, 1.807) is 0 Å². The summed E-state index contributed by atoms with van der Waals surface area (Å²) in [6.07, 6.45) is 1.98. The summed E-state index contributed by atoms with van der Waals surface area (Å²) >= 11 is 0. The van der Waals surface area contributed by atoms with Crippen LogP contribution in [-0.2, 0) is 12.8 Å². The summed E-state index contributed by atoms with van der Waals surface area (Å²) in [5.74, 6) is 0. The number of aryl methyl sites for hydroxylation is 2. The van der Waals surface area contributed by atoms with Gasteiger partial charge in [0, 0.05) is 67.0 Å². The monoisotopic (exact) mass is 1080 g/mol. The summed E-state index contributed by atoms with van der Waals surface area (Å²) in [6.45, 7) is 4.42. The summed E-state index contributed by atoms with van der Waals surface area (Å²) < 4.78 is 0. The van der Waals surface area contributed by atoms with E-state index in [-0.39, 0.29) is 0 Å². The number of benzene rings is 14. The number of nitrogens with zero attached hydrogens (tertiary/aromatic N) is 4. The third-order valence-electron chi connectivity index (χ3n) is 16.6. The molecule has 0 radical (unpaired) electrons. The minimum absolute atomic E-state index is 0.992. The van der Waals surface area contributed by atoms with E-state index in [0.717, 1.165) is 92.2 Å². The van der Waals surface area contributed by atoms with Crippen molar-refractivity contribution < 1.29 is 0 Å². The van der Waals surface area contributed by atoms with Crippen molar-refractivity contribution in [3.8, 4) is 11.1 Å². The largest absolute Gasteiger partial charge is 0.310 e. The van der Waals surface area contributed by atoms with Gasteiger partial charge in [0.05, 0.1) is 22.7 Å². The van der Waals surface area contributed by atoms with Crippen LogP contribution in [0.15, 0.2) is 315 Å². The van der Waals surface area contributed by atoms with E-state index >= 15 is 0 Å². The average molecular weight is 1080 g/mol. The molecule has 0 aromatic heterocycles. The van der Waals surface area contributed by atoms with Crippen molar-refractivity contribution in [1.29, 1.82) is 0 Å². The van der Waals surface area contributed by atoms with Crippen LogP contribution >= 0.6 is 0 Å². The highest BCUT2D eigenvalue weighted by Gasteiger charge is 2.22. The highest BCUT2D eigenvalue weighted by molar-refractivity contribution is 6.03. The summed E-state index contributed by atoms with van der Waals surface area (Å²) in [5, 5.41) is 9.60. The molecule has 0 unspecified atom stereocenters. The first-order chi connectivity index (χ1) is 41.6. The summed E-state index contributed by atoms with van der Waals surface area (Å²) in [6, 6.07) is 115. The fourth-order valence-corrected chi connectivity index (χ4v) is 12.2. The van der Waals surface area contributed by atoms with Crippen LogP contribution in [0.1, 0.15) is 25.0 Å². The van der Waals surface area contributed by atoms with Gasteiger partial charge in [0.2, 0.25) is 0 Å². The van der Waals surface area contributed by atoms with Crippen molar-refractivity contribution in [2.24, 2.45) is 0 Å². The Balaban J connectivity index is 0.816. The standard InChI is InChI=1S/C80H62N4/c1-3-57-33-41-65(42-34-57)81(77-29-13-21-61-17-5-9-25-73(61)77)69-49-53-71(54-50-69)83(79-31-15-23-63-19-7-11-27-75(63)79)67-45-37-59(38-46-67)60-39-47-68(48-40-60)84(80-32-16-24-64-20-8-12-28-76(64)80)72-55-51-70(52-56-72)82(66-43-35-58(4-2)36-44-66)78-30-14-22-62-18-6-10-26-74(62)78/h5-56H,3-4H2,1-2H3. The highest BCUT2D eigenvalue weighted by Crippen LogP contribution is 2.46. The lowest BCUT2D eigenvalue weighted by Crippen LogP contribution is -2.13. The summed E-state index contributed by atoms with van der Waals surface area (Å²) in [5.41, 5.74) is 18.1. The molecule has 0 bridgehead atoms. The maximum Gasteiger partial charge on any atom is 0.0540 e. The van der Waals surface area contributed by atoms with Gasteiger partial charge in [-0.3, -0.25) is 0 Å². The third kappa shape index (κ3) is 9.84. The molecule has 14 aromatic rings. The molecule has 0 aliphatic rings. The van der Waals surface area contributed by atoms with Crippen LogP contribution < -0.4 is 19.6 Å². The Morgan fingerprint density at radius 1 is 0.190 bits per heavy atom. The minimum Gasteiger partial charge on any atom is -0.310 e. The number of rotatable bonds is 15. The third-order valence-corrected chi connectivity index (χ3v) is 16.6. The highest BCUT2D eigenvalue weighted by atomic mass is 15.2. The zero-order valence-corrected chi connectivity index (χ0v) is 47.2. The number of hydrogen-bond acceptors (Lipinski definition) is 4. The van der Waals surface area contributed by atoms with Crippen molar-refractivity contribution in [2.45, 2.75) is 26.7 Å². The van der Waals surface area contributed by atoms with Gasteiger partial charge in [0.15, 0.2) is 0 Å². The fourth-order valence-electron chi connectivity index (χ4n) is 12.2. The van der Waals surface area contributed by atoms with E-state index < -0.39 is 0 Å². The molecule has 0 atom stereocenters. The molecule has 0 spiro atoms. The maximum atomic E-state index is 2.40. The molecule has 4 heteroatoms. The minimum atomic E-state index is 0.992. The Morgan fingerprint density at radius 2 is 0.381 bits per heavy atom. The smallest absolute Gasteiger partial charge is 0.0540 e. The van der Waals surface area contributed by atoms with Crippen LogP contribution in [0, 0.1) is 0 Å². The molecule has 0 aliphatic carbocycles. The zero-order valence-electron chi connectivity index (χ0n) is 47.2. The first-order valence-electron chi connectivity index (χ1n) is 29.3. The van der Waals surface area contributed by atoms with Gasteiger partial charge in [0.25, 0.3) is 0 Å². The van der Waals surface area contributed by atoms with E-state index in [2.05, 4.69) is 349 Å². The van der Waals surface area contributed by atoms with Crippen molar-refractivity contribution in [3.05, 3.63) is 327 Å². The molecule has 0 N–H and O–H groups in total. The van der Waals surface area contributed by atoms with Gasteiger partial charge in [-0.1, -0.05) is 208 Å². The average Bonchev–Trinajstić information content (AvgIpc) is 3.74. The number of fused-ring (bicyclic) bond motifs is 4. The van der Waals surface area contributed by atoms with Gasteiger partial charge < -0.3 is 19.6 Å². The molecule has 4 nitrogen and oxygen atoms in total. The van der Waals surface area contributed by atoms with Crippen LogP contribution in [0.2, 0.25) is 0 Å². The molecular formula is C80H62N4. The summed E-state index contributed by atoms with van der Waals surface area (Å²) in [4.78, 5) is 9.57. The molecule has 14 rings (SSSR count). The van der Waals surface area contributed by atoms with Crippen molar-refractivity contribution in [3.63, 3.8) is 0 Å². The molecule has 0 saturated heterocycles. The topological polar surface area (TPSA) is 13.0 Å². The van der Waals surface area contributed by atoms with E-state index in [4.69, 9.17) is 0 Å². The van der Waals surface area contributed by atoms with Crippen LogP contribution in [0.4, 0.5) is 68.2 Å². The molecule has 0 amide bonds. The van der Waals surface area contributed by atoms with Gasteiger partial charge >= 0.3 is 0 Å². The second kappa shape index (κ2) is 22.7. The fraction of sp³-hybridized carbons (Fsp3) is 0.0500. The van der Waals surface area contributed by atoms with E-state index in [9.17, 15) is 0 Å². The Morgan fingerprint density at radius 3 is 0.607 bits per heavy atom. The SMILES string of the molecule is CCc1ccc(N(c2ccc(N(c3ccc(-c4ccc(N(c5ccc(N(c6ccc(CC)cc6)c6cccc7ccccc67)cc5)c5cccc6ccccc56)cc4)cc3)c3cccc4ccccc34)cc2)c2cccc3ccccc23)cc1. The quantitative estimate of drug-likeness (QED) is 0.101. The van der Waals surface area contributed by atoms with Crippen molar-refractivity contribution in [2.75, 3.05) is 19.6 Å². The van der Waals surface area contributed by atoms with Crippen LogP contribution in [-0.4, -0.2) is 0 Å². The lowest BCUT2D eigenvalue weighted by molar-refractivity contribution is 1.14. The van der Waals surface area contributed by atoms with Crippen molar-refractivity contribution in [1.82, 2.24) is 0 Å². The van der Waals surface area contributed by atoms with Crippen LogP contribution in [0.3, 0.4) is 0 Å². The first-order valence-corrected chi connectivity index (χ1v) is 29.3. The van der Waals surface area contributed by atoms with Gasteiger partial charge in [-0.25, -0.2) is 0 Å². The molecule has 0 fully saturated rings. The van der Waals surface area contributed by atoms with E-state index in [0.29, 0.717) is 0 Å². The lowest BCUT2D eigenvalue weighted by atomic mass is 10.0. The molecule has 402 valence electrons. The molecule has 0 saturated carbocycles. The Bertz CT molecular complexity index is 4290. The Hall–Kier alpha value is -10.7. The van der Waals surface area contributed by atoms with Crippen LogP contribution in [0.5, 0.6) is 0 Å². The molecular weight excluding hydrogens is 1020 g/mol. The predicted octanol–water partition coefficient (Wildman–Crippen LogP) is 23.0. The Labute approximate surface area is 492 Å². The predicted molar refractivity (Wildman–Crippen MR) is 359 cm³/mol. The molecule has 0 heterocycles. The molecule has 0 aliphatic heterocycles. The van der Waals surface area contributed by atoms with E-state index in [1.165, 1.54) is 54.2 Å². The second-order valence-corrected chi connectivity index (χ2v) is 21.5. The van der Waals surface area contributed by atoms with Gasteiger partial charge in [-0.15, -0.1) is 0 Å². The normalized spacial score (nSPS) is 11.3. The lowest BCUT2D eigenvalue weighted by Gasteiger charge is -2.30. The van der Waals surface area contributed by atoms with Gasteiger partial charge in [0.1, 0.15) is 0 Å². The molecule has 14 aromatic carbocycles. The summed E-state index contributed by atoms with van der Waals surface area (Å²) in [7, 11) is 0. The Kier molecular flexibility index (Phi) is 13.9. The second-order valence-electron chi connectivity index (χ2n) is 21.5. The number of hydrogen-bond donors (Lipinski definition) is 0. The zero-order chi connectivity index (χ0) is 56.3.